The number of aliphatic hydroxyl groups excluding tert-OH is 2. The molecule has 0 amide bonds. The number of ether oxygens (including phenoxy) is 3. The predicted octanol–water partition coefficient (Wildman–Crippen LogP) is 13.6. The van der Waals surface area contributed by atoms with E-state index in [1.54, 1.807) is 13.2 Å². The van der Waals surface area contributed by atoms with Gasteiger partial charge in [-0.05, 0) is 150 Å². The molecule has 366 valence electrons. The largest absolute Gasteiger partial charge is 0.508 e. The van der Waals surface area contributed by atoms with Crippen LogP contribution >= 0.6 is 0 Å². The first-order chi connectivity index (χ1) is 34.1. The molecule has 0 unspecified atom stereocenters. The molecule has 8 heteroatoms. The number of carbonyl (C=O) groups excluding carboxylic acids is 1. The molecule has 2 aliphatic heterocycles. The third-order valence-electron chi connectivity index (χ3n) is 14.6. The van der Waals surface area contributed by atoms with Crippen LogP contribution in [0.25, 0.3) is 16.8 Å². The molecule has 0 radical (unpaired) electrons. The molecule has 70 heavy (non-hydrogen) atoms. The number of ketones is 1. The molecule has 9 rings (SSSR count). The highest BCUT2D eigenvalue weighted by Crippen LogP contribution is 2.45. The molecular weight excluding hydrogens is 871 g/mol. The van der Waals surface area contributed by atoms with E-state index in [9.17, 15) is 20.1 Å². The Morgan fingerprint density at radius 2 is 1.70 bits per heavy atom. The molecule has 0 aromatic heterocycles. The highest BCUT2D eigenvalue weighted by atomic mass is 16.5. The van der Waals surface area contributed by atoms with E-state index >= 15 is 0 Å². The van der Waals surface area contributed by atoms with Crippen LogP contribution in [0, 0.1) is 23.9 Å². The van der Waals surface area contributed by atoms with Crippen molar-refractivity contribution in [1.82, 2.24) is 0 Å². The highest BCUT2D eigenvalue weighted by molar-refractivity contribution is 6.00. The van der Waals surface area contributed by atoms with Crippen LogP contribution in [0.2, 0.25) is 0 Å². The fraction of sp³-hybridized carbons (Fsp3) is 0.403. The number of rotatable bonds is 17. The predicted molar refractivity (Wildman–Crippen MR) is 283 cm³/mol. The van der Waals surface area contributed by atoms with E-state index in [-0.39, 0.29) is 53.4 Å². The normalized spacial score (nSPS) is 20.8. The van der Waals surface area contributed by atoms with Gasteiger partial charge in [0, 0.05) is 30.0 Å². The van der Waals surface area contributed by atoms with Crippen molar-refractivity contribution in [2.24, 2.45) is 11.8 Å². The van der Waals surface area contributed by atoms with Crippen LogP contribution in [0.3, 0.4) is 0 Å². The number of fused-ring (bicyclic) bond motifs is 9. The number of anilines is 1. The smallest absolute Gasteiger partial charge is 0.161 e. The van der Waals surface area contributed by atoms with Gasteiger partial charge in [0.15, 0.2) is 11.5 Å². The Morgan fingerprint density at radius 3 is 2.51 bits per heavy atom. The number of Topliss-reactive ketones (excluding diaryl/α,β-unsaturated/α-hetero) is 1. The molecule has 5 aromatic rings. The fourth-order valence-electron chi connectivity index (χ4n) is 10.6. The minimum absolute atomic E-state index is 0.0591. The lowest BCUT2D eigenvalue weighted by molar-refractivity contribution is -0.121. The van der Waals surface area contributed by atoms with Crippen molar-refractivity contribution in [1.29, 1.82) is 0 Å². The summed E-state index contributed by atoms with van der Waals surface area (Å²) in [5.74, 6) is 5.16. The van der Waals surface area contributed by atoms with E-state index in [0.29, 0.717) is 37.4 Å². The molecule has 5 aromatic carbocycles. The molecule has 4 aliphatic rings. The maximum Gasteiger partial charge on any atom is 0.161 e. The summed E-state index contributed by atoms with van der Waals surface area (Å²) in [5, 5.41) is 39.0. The molecule has 0 spiro atoms. The van der Waals surface area contributed by atoms with Gasteiger partial charge in [-0.3, -0.25) is 4.79 Å². The van der Waals surface area contributed by atoms with Crippen LogP contribution in [0.5, 0.6) is 17.2 Å². The van der Waals surface area contributed by atoms with Crippen molar-refractivity contribution in [3.8, 4) is 29.3 Å². The number of carbonyl (C=O) groups is 1. The summed E-state index contributed by atoms with van der Waals surface area (Å²) in [6.45, 7) is 6.50. The topological polar surface area (TPSA) is 117 Å². The molecule has 8 nitrogen and oxygen atoms in total. The quantitative estimate of drug-likeness (QED) is 0.0538. The molecular formula is C62H71NO7. The number of phenols is 1. The first kappa shape index (κ1) is 50.0. The molecule has 0 saturated heterocycles. The third kappa shape index (κ3) is 12.7. The minimum Gasteiger partial charge on any atom is -0.508 e. The number of methoxy groups -OCH3 is 1. The number of unbranched alkanes of at least 4 members (excludes halogenated alkanes) is 3. The zero-order chi connectivity index (χ0) is 49.0. The lowest BCUT2D eigenvalue weighted by atomic mass is 9.80. The van der Waals surface area contributed by atoms with E-state index in [0.717, 1.165) is 102 Å². The summed E-state index contributed by atoms with van der Waals surface area (Å²) in [6.07, 6.45) is 22.2. The number of allylic oxidation sites excluding steroid dienone is 4. The Hall–Kier alpha value is -6.43. The Labute approximate surface area is 415 Å². The number of nitrogens with one attached hydrogen (secondary N) is 1. The van der Waals surface area contributed by atoms with E-state index in [1.165, 1.54) is 11.1 Å². The van der Waals surface area contributed by atoms with E-state index in [1.807, 2.05) is 55.5 Å². The number of aliphatic hydroxyl groups is 2. The van der Waals surface area contributed by atoms with Crippen LogP contribution in [-0.2, 0) is 35.4 Å². The molecule has 7 atom stereocenters. The Kier molecular flexibility index (Phi) is 17.1. The molecule has 2 aliphatic carbocycles. The average Bonchev–Trinajstić information content (AvgIpc) is 3.35. The van der Waals surface area contributed by atoms with Crippen molar-refractivity contribution in [3.05, 3.63) is 160 Å². The van der Waals surface area contributed by atoms with Gasteiger partial charge in [-0.2, -0.15) is 0 Å². The molecule has 0 fully saturated rings. The number of hydrogen-bond acceptors (Lipinski definition) is 8. The molecule has 2 heterocycles. The van der Waals surface area contributed by atoms with Gasteiger partial charge < -0.3 is 34.8 Å². The maximum atomic E-state index is 14.0. The van der Waals surface area contributed by atoms with Gasteiger partial charge in [0.05, 0.1) is 25.2 Å². The first-order valence-electron chi connectivity index (χ1n) is 25.7. The molecule has 4 N–H and O–H groups in total. The van der Waals surface area contributed by atoms with Gasteiger partial charge in [-0.25, -0.2) is 0 Å². The van der Waals surface area contributed by atoms with Crippen LogP contribution in [0.15, 0.2) is 121 Å². The van der Waals surface area contributed by atoms with E-state index in [4.69, 9.17) is 14.2 Å². The Balaban J connectivity index is 1.02. The minimum atomic E-state index is -0.519. The molecule has 0 saturated carbocycles. The SMILES string of the molecule is CCCCC[C@H]1C#CO[C@@H](C[C@@H]2C=C(O)C=C[C@H]2CCCCc2cccc(N[C@H](Cc3ccccc3)[C@H](C)O)c2)CC(=O)CCc2ccc(OC)c(c2)OCc2ccc3c1c(O)cc1c3c2C=C[C@H]1C. The van der Waals surface area contributed by atoms with Gasteiger partial charge in [0.25, 0.3) is 0 Å². The van der Waals surface area contributed by atoms with Gasteiger partial charge >= 0.3 is 0 Å². The number of phenolic OH excluding ortho intramolecular Hbond substituents is 1. The standard InChI is InChI=1S/C62H71NO7/c1-5-6-8-19-47-31-32-69-53(37-49-36-51(65)27-24-46(49)18-12-11-16-43-17-13-20-50(33-43)63-57(42(3)64)34-44-14-9-7-10-15-44)38-52(66)26-22-45-23-30-59(68-4)60(35-45)70-40-48-25-29-55-61(47)58(67)39-56-41(2)21-28-54(48)62(55)56/h7,9-10,13-15,17,20-21,23-25,27-30,33,35-36,39,41-42,46-47,49,53,57,63-65,67H,5-6,8,11-12,16,18-19,22,26,34,37-38,40H2,1-4H3/t41-,42+,46-,47+,49+,53+,57-/m1/s1. The Morgan fingerprint density at radius 1 is 0.871 bits per heavy atom. The van der Waals surface area contributed by atoms with Crippen LogP contribution < -0.4 is 14.8 Å². The van der Waals surface area contributed by atoms with Crippen molar-refractivity contribution < 1.29 is 34.3 Å². The lowest BCUT2D eigenvalue weighted by Gasteiger charge is -2.28. The second-order valence-electron chi connectivity index (χ2n) is 19.8. The van der Waals surface area contributed by atoms with Gasteiger partial charge in [0.2, 0.25) is 0 Å². The van der Waals surface area contributed by atoms with Crippen molar-refractivity contribution in [2.75, 3.05) is 12.4 Å². The lowest BCUT2D eigenvalue weighted by Crippen LogP contribution is -2.33. The third-order valence-corrected chi connectivity index (χ3v) is 14.6. The van der Waals surface area contributed by atoms with Gasteiger partial charge in [-0.1, -0.05) is 124 Å². The fourth-order valence-corrected chi connectivity index (χ4v) is 10.6. The Bertz CT molecular complexity index is 2740. The van der Waals surface area contributed by atoms with E-state index < -0.39 is 12.2 Å². The van der Waals surface area contributed by atoms with E-state index in [2.05, 4.69) is 98.0 Å². The van der Waals surface area contributed by atoms with Crippen molar-refractivity contribution in [2.45, 2.75) is 141 Å². The molecule has 6 bridgehead atoms. The maximum absolute atomic E-state index is 14.0. The first-order valence-corrected chi connectivity index (χ1v) is 25.7. The van der Waals surface area contributed by atoms with Crippen molar-refractivity contribution >= 4 is 28.3 Å². The zero-order valence-electron chi connectivity index (χ0n) is 41.5. The number of aryl methyl sites for hydroxylation is 2. The van der Waals surface area contributed by atoms with Crippen LogP contribution in [0.4, 0.5) is 5.69 Å². The number of aromatic hydroxyl groups is 1. The number of benzene rings is 5. The van der Waals surface area contributed by atoms with Crippen molar-refractivity contribution in [3.63, 3.8) is 0 Å². The van der Waals surface area contributed by atoms with Crippen LogP contribution in [-0.4, -0.2) is 46.5 Å². The summed E-state index contributed by atoms with van der Waals surface area (Å²) in [6, 6.07) is 30.7. The second kappa shape index (κ2) is 23.9. The van der Waals surface area contributed by atoms with Crippen LogP contribution in [0.1, 0.15) is 136 Å². The second-order valence-corrected chi connectivity index (χ2v) is 19.8. The van der Waals surface area contributed by atoms with Gasteiger partial charge in [0.1, 0.15) is 36.1 Å². The summed E-state index contributed by atoms with van der Waals surface area (Å²) in [7, 11) is 1.64. The summed E-state index contributed by atoms with van der Waals surface area (Å²) < 4.78 is 18.8. The summed E-state index contributed by atoms with van der Waals surface area (Å²) >= 11 is 0. The highest BCUT2D eigenvalue weighted by Gasteiger charge is 2.29. The average molecular weight is 942 g/mol. The monoisotopic (exact) mass is 942 g/mol. The summed E-state index contributed by atoms with van der Waals surface area (Å²) in [4.78, 5) is 14.0. The number of hydrogen-bond donors (Lipinski definition) is 4. The van der Waals surface area contributed by atoms with Gasteiger partial charge in [-0.15, -0.1) is 0 Å². The summed E-state index contributed by atoms with van der Waals surface area (Å²) in [5.41, 5.74) is 8.40. The zero-order valence-corrected chi connectivity index (χ0v) is 41.5.